The van der Waals surface area contributed by atoms with Gasteiger partial charge in [-0.25, -0.2) is 0 Å². The van der Waals surface area contributed by atoms with Crippen molar-refractivity contribution in [2.24, 2.45) is 0 Å². The molecular formula is C12H16BrN5O. The van der Waals surface area contributed by atoms with Gasteiger partial charge in [0.05, 0.1) is 10.7 Å². The Bertz CT molecular complexity index is 574. The van der Waals surface area contributed by atoms with E-state index < -0.39 is 0 Å². The van der Waals surface area contributed by atoms with E-state index in [4.69, 9.17) is 0 Å². The molecular weight excluding hydrogens is 310 g/mol. The molecule has 0 aliphatic heterocycles. The van der Waals surface area contributed by atoms with Crippen molar-refractivity contribution in [3.63, 3.8) is 0 Å². The lowest BCUT2D eigenvalue weighted by molar-refractivity contribution is 0.0944. The average molecular weight is 326 g/mol. The van der Waals surface area contributed by atoms with Crippen LogP contribution in [0.15, 0.2) is 23.1 Å². The summed E-state index contributed by atoms with van der Waals surface area (Å²) in [6.07, 6.45) is 5.47. The molecule has 0 aromatic carbocycles. The number of aromatic nitrogens is 4. The number of rotatable bonds is 5. The van der Waals surface area contributed by atoms with E-state index in [9.17, 15) is 4.79 Å². The molecule has 102 valence electrons. The molecule has 0 bridgehead atoms. The fourth-order valence-electron chi connectivity index (χ4n) is 1.65. The van der Waals surface area contributed by atoms with E-state index in [0.717, 1.165) is 18.7 Å². The van der Waals surface area contributed by atoms with Gasteiger partial charge in [-0.1, -0.05) is 0 Å². The second kappa shape index (κ2) is 6.01. The molecule has 7 heteroatoms. The number of aryl methyl sites for hydroxylation is 2. The van der Waals surface area contributed by atoms with Gasteiger partial charge < -0.3 is 5.32 Å². The monoisotopic (exact) mass is 325 g/mol. The lowest BCUT2D eigenvalue weighted by Gasteiger charge is -2.01. The highest BCUT2D eigenvalue weighted by molar-refractivity contribution is 9.10. The molecule has 2 aromatic rings. The van der Waals surface area contributed by atoms with E-state index in [0.29, 0.717) is 16.7 Å². The van der Waals surface area contributed by atoms with Gasteiger partial charge >= 0.3 is 0 Å². The van der Waals surface area contributed by atoms with Crippen LogP contribution in [0.4, 0.5) is 0 Å². The Balaban J connectivity index is 1.98. The summed E-state index contributed by atoms with van der Waals surface area (Å²) in [6, 6.07) is 0. The summed E-state index contributed by atoms with van der Waals surface area (Å²) in [6.45, 7) is 5.99. The molecule has 1 N–H and O–H groups in total. The van der Waals surface area contributed by atoms with Gasteiger partial charge in [0.15, 0.2) is 5.69 Å². The zero-order valence-electron chi connectivity index (χ0n) is 10.9. The maximum Gasteiger partial charge on any atom is 0.273 e. The third kappa shape index (κ3) is 3.23. The van der Waals surface area contributed by atoms with Crippen LogP contribution in [0.3, 0.4) is 0 Å². The van der Waals surface area contributed by atoms with Crippen molar-refractivity contribution >= 4 is 21.8 Å². The van der Waals surface area contributed by atoms with Crippen LogP contribution in [0.5, 0.6) is 0 Å². The first-order valence-electron chi connectivity index (χ1n) is 6.16. The minimum Gasteiger partial charge on any atom is -0.346 e. The molecule has 2 heterocycles. The summed E-state index contributed by atoms with van der Waals surface area (Å²) in [5.41, 5.74) is 1.38. The number of carbonyl (C=O) groups excluding carboxylic acids is 1. The maximum atomic E-state index is 12.0. The lowest BCUT2D eigenvalue weighted by atomic mass is 10.3. The topological polar surface area (TPSA) is 64.7 Å². The van der Waals surface area contributed by atoms with Gasteiger partial charge in [-0.2, -0.15) is 10.2 Å². The molecule has 1 amide bonds. The third-order valence-corrected chi connectivity index (χ3v) is 3.30. The first-order valence-corrected chi connectivity index (χ1v) is 6.95. The van der Waals surface area contributed by atoms with Crippen molar-refractivity contribution < 1.29 is 4.79 Å². The molecule has 0 unspecified atom stereocenters. The molecule has 19 heavy (non-hydrogen) atoms. The van der Waals surface area contributed by atoms with Crippen LogP contribution in [0.1, 0.15) is 29.9 Å². The standard InChI is InChI=1S/C12H16BrN5O/c1-3-17-7-9(6-15-17)5-14-12(19)11-10(13)8-18(4-2)16-11/h6-8H,3-5H2,1-2H3,(H,14,19). The summed E-state index contributed by atoms with van der Waals surface area (Å²) in [4.78, 5) is 12.0. The first-order chi connectivity index (χ1) is 9.13. The summed E-state index contributed by atoms with van der Waals surface area (Å²) in [7, 11) is 0. The second-order valence-corrected chi connectivity index (χ2v) is 4.92. The van der Waals surface area contributed by atoms with Gasteiger partial charge in [0.25, 0.3) is 5.91 Å². The van der Waals surface area contributed by atoms with Crippen molar-refractivity contribution in [3.8, 4) is 0 Å². The smallest absolute Gasteiger partial charge is 0.273 e. The van der Waals surface area contributed by atoms with Gasteiger partial charge in [0.2, 0.25) is 0 Å². The van der Waals surface area contributed by atoms with Gasteiger partial charge in [-0.15, -0.1) is 0 Å². The second-order valence-electron chi connectivity index (χ2n) is 4.07. The van der Waals surface area contributed by atoms with Crippen LogP contribution in [0.2, 0.25) is 0 Å². The average Bonchev–Trinajstić information content (AvgIpc) is 3.02. The zero-order valence-corrected chi connectivity index (χ0v) is 12.5. The Morgan fingerprint density at radius 1 is 1.32 bits per heavy atom. The van der Waals surface area contributed by atoms with E-state index in [2.05, 4.69) is 31.4 Å². The van der Waals surface area contributed by atoms with Crippen LogP contribution < -0.4 is 5.32 Å². The Labute approximate surface area is 119 Å². The molecule has 2 aromatic heterocycles. The molecule has 6 nitrogen and oxygen atoms in total. The molecule has 0 radical (unpaired) electrons. The largest absolute Gasteiger partial charge is 0.346 e. The van der Waals surface area contributed by atoms with Gasteiger partial charge in [0.1, 0.15) is 0 Å². The molecule has 0 saturated carbocycles. The summed E-state index contributed by atoms with van der Waals surface area (Å²) >= 11 is 3.34. The fourth-order valence-corrected chi connectivity index (χ4v) is 2.15. The Kier molecular flexibility index (Phi) is 4.36. The van der Waals surface area contributed by atoms with E-state index in [1.54, 1.807) is 17.1 Å². The Morgan fingerprint density at radius 3 is 2.63 bits per heavy atom. The van der Waals surface area contributed by atoms with Gasteiger partial charge in [-0.3, -0.25) is 14.2 Å². The number of amides is 1. The van der Waals surface area contributed by atoms with Crippen LogP contribution in [0, 0.1) is 0 Å². The van der Waals surface area contributed by atoms with Crippen molar-refractivity contribution in [2.75, 3.05) is 0 Å². The normalized spacial score (nSPS) is 10.7. The van der Waals surface area contributed by atoms with E-state index in [1.165, 1.54) is 0 Å². The Hall–Kier alpha value is -1.63. The highest BCUT2D eigenvalue weighted by atomic mass is 79.9. The summed E-state index contributed by atoms with van der Waals surface area (Å²) in [5.74, 6) is -0.191. The van der Waals surface area contributed by atoms with E-state index >= 15 is 0 Å². The first kappa shape index (κ1) is 13.8. The van der Waals surface area contributed by atoms with E-state index in [-0.39, 0.29) is 5.91 Å². The zero-order chi connectivity index (χ0) is 13.8. The minimum atomic E-state index is -0.191. The van der Waals surface area contributed by atoms with Crippen LogP contribution in [-0.4, -0.2) is 25.5 Å². The Morgan fingerprint density at radius 2 is 2.05 bits per heavy atom. The molecule has 2 rings (SSSR count). The number of halogens is 1. The van der Waals surface area contributed by atoms with Gasteiger partial charge in [0, 0.05) is 37.6 Å². The van der Waals surface area contributed by atoms with Crippen molar-refractivity contribution in [3.05, 3.63) is 34.3 Å². The van der Waals surface area contributed by atoms with Crippen molar-refractivity contribution in [1.82, 2.24) is 24.9 Å². The maximum absolute atomic E-state index is 12.0. The molecule has 0 fully saturated rings. The molecule has 0 saturated heterocycles. The molecule has 0 aliphatic rings. The minimum absolute atomic E-state index is 0.191. The number of hydrogen-bond donors (Lipinski definition) is 1. The number of carbonyl (C=O) groups is 1. The van der Waals surface area contributed by atoms with Crippen molar-refractivity contribution in [2.45, 2.75) is 33.5 Å². The van der Waals surface area contributed by atoms with E-state index in [1.807, 2.05) is 24.7 Å². The highest BCUT2D eigenvalue weighted by Gasteiger charge is 2.14. The van der Waals surface area contributed by atoms with Crippen LogP contribution in [0.25, 0.3) is 0 Å². The van der Waals surface area contributed by atoms with Crippen LogP contribution >= 0.6 is 15.9 Å². The predicted octanol–water partition coefficient (Wildman–Crippen LogP) is 1.81. The van der Waals surface area contributed by atoms with Crippen molar-refractivity contribution in [1.29, 1.82) is 0 Å². The van der Waals surface area contributed by atoms with Gasteiger partial charge in [-0.05, 0) is 29.8 Å². The third-order valence-electron chi connectivity index (χ3n) is 2.72. The quantitative estimate of drug-likeness (QED) is 0.911. The summed E-state index contributed by atoms with van der Waals surface area (Å²) in [5, 5.41) is 11.2. The highest BCUT2D eigenvalue weighted by Crippen LogP contribution is 2.14. The SMILES string of the molecule is CCn1cc(CNC(=O)c2nn(CC)cc2Br)cn1. The fraction of sp³-hybridized carbons (Fsp3) is 0.417. The molecule has 0 atom stereocenters. The summed E-state index contributed by atoms with van der Waals surface area (Å²) < 4.78 is 4.24. The van der Waals surface area contributed by atoms with Crippen LogP contribution in [-0.2, 0) is 19.6 Å². The number of nitrogens with zero attached hydrogens (tertiary/aromatic N) is 4. The number of nitrogens with one attached hydrogen (secondary N) is 1. The predicted molar refractivity (Wildman–Crippen MR) is 74.7 cm³/mol. The molecule has 0 aliphatic carbocycles. The molecule has 0 spiro atoms. The lowest BCUT2D eigenvalue weighted by Crippen LogP contribution is -2.23. The number of hydrogen-bond acceptors (Lipinski definition) is 3.